The van der Waals surface area contributed by atoms with Gasteiger partial charge in [0.15, 0.2) is 0 Å². The Morgan fingerprint density at radius 2 is 1.72 bits per heavy atom. The molecule has 2 aromatic rings. The molecule has 4 heteroatoms. The van der Waals surface area contributed by atoms with E-state index in [4.69, 9.17) is 0 Å². The molecular weight excluding hydrogens is 360 g/mol. The average Bonchev–Trinajstić information content (AvgIpc) is 2.76. The van der Waals surface area contributed by atoms with Crippen molar-refractivity contribution in [2.45, 2.75) is 44.3 Å². The number of piperidine rings is 3. The van der Waals surface area contributed by atoms with Crippen LogP contribution in [0.1, 0.15) is 31.2 Å². The molecule has 2 bridgehead atoms. The van der Waals surface area contributed by atoms with Gasteiger partial charge in [0, 0.05) is 32.1 Å². The van der Waals surface area contributed by atoms with Crippen LogP contribution in [0.25, 0.3) is 11.1 Å². The Hall–Kier alpha value is -2.17. The maximum atomic E-state index is 12.6. The molecule has 2 aromatic carbocycles. The number of fused-ring (bicyclic) bond motifs is 4. The largest absolute Gasteiger partial charge is 0.394 e. The molecule has 0 radical (unpaired) electrons. The number of aliphatic hydroxyl groups excluding tert-OH is 1. The van der Waals surface area contributed by atoms with Gasteiger partial charge in [0.2, 0.25) is 5.91 Å². The highest BCUT2D eigenvalue weighted by molar-refractivity contribution is 5.78. The maximum absolute atomic E-state index is 12.6. The number of hydrogen-bond acceptors (Lipinski definition) is 3. The molecule has 1 N–H and O–H groups in total. The second kappa shape index (κ2) is 7.92. The third kappa shape index (κ3) is 3.49. The monoisotopic (exact) mass is 390 g/mol. The van der Waals surface area contributed by atoms with Crippen molar-refractivity contribution >= 4 is 5.91 Å². The highest BCUT2D eigenvalue weighted by Gasteiger charge is 2.49. The highest BCUT2D eigenvalue weighted by Crippen LogP contribution is 2.42. The molecule has 0 saturated carbocycles. The van der Waals surface area contributed by atoms with Crippen molar-refractivity contribution < 1.29 is 9.90 Å². The van der Waals surface area contributed by atoms with Gasteiger partial charge in [0.25, 0.3) is 0 Å². The lowest BCUT2D eigenvalue weighted by molar-refractivity contribution is -0.155. The van der Waals surface area contributed by atoms with Crippen LogP contribution in [0.15, 0.2) is 54.6 Å². The molecule has 29 heavy (non-hydrogen) atoms. The van der Waals surface area contributed by atoms with Gasteiger partial charge >= 0.3 is 0 Å². The molecule has 0 spiro atoms. The molecule has 3 aliphatic rings. The summed E-state index contributed by atoms with van der Waals surface area (Å²) in [5.41, 5.74) is 3.92. The Morgan fingerprint density at radius 3 is 2.55 bits per heavy atom. The summed E-state index contributed by atoms with van der Waals surface area (Å²) in [7, 11) is 0. The Balaban J connectivity index is 1.39. The van der Waals surface area contributed by atoms with E-state index in [1.807, 2.05) is 0 Å². The summed E-state index contributed by atoms with van der Waals surface area (Å²) >= 11 is 0. The normalized spacial score (nSPS) is 29.6. The SMILES string of the molecule is O=C1CCC[C@H]2[C@@H]3C[C@@H](CN(Cc4ccccc4-c4ccccc4)C3)[C@H](CO)N12. The molecule has 4 atom stereocenters. The van der Waals surface area contributed by atoms with Gasteiger partial charge in [-0.15, -0.1) is 0 Å². The summed E-state index contributed by atoms with van der Waals surface area (Å²) < 4.78 is 0. The van der Waals surface area contributed by atoms with E-state index in [2.05, 4.69) is 64.4 Å². The van der Waals surface area contributed by atoms with Crippen LogP contribution in [-0.4, -0.2) is 52.6 Å². The van der Waals surface area contributed by atoms with Crippen molar-refractivity contribution in [1.82, 2.24) is 9.80 Å². The minimum atomic E-state index is -0.00350. The fourth-order valence-electron chi connectivity index (χ4n) is 6.03. The molecule has 3 saturated heterocycles. The number of carbonyl (C=O) groups excluding carboxylic acids is 1. The summed E-state index contributed by atoms with van der Waals surface area (Å²) in [6.07, 6.45) is 3.89. The Labute approximate surface area is 173 Å². The molecule has 152 valence electrons. The molecule has 0 aliphatic carbocycles. The first-order chi connectivity index (χ1) is 14.2. The van der Waals surface area contributed by atoms with E-state index in [1.54, 1.807) is 0 Å². The van der Waals surface area contributed by atoms with Crippen molar-refractivity contribution in [1.29, 1.82) is 0 Å². The number of likely N-dealkylation sites (tertiary alicyclic amines) is 1. The summed E-state index contributed by atoms with van der Waals surface area (Å²) in [6.45, 7) is 3.03. The van der Waals surface area contributed by atoms with Crippen molar-refractivity contribution in [2.24, 2.45) is 11.8 Å². The zero-order valence-corrected chi connectivity index (χ0v) is 16.9. The predicted octanol–water partition coefficient (Wildman–Crippen LogP) is 3.55. The minimum absolute atomic E-state index is 0.00350. The summed E-state index contributed by atoms with van der Waals surface area (Å²) in [6, 6.07) is 19.6. The van der Waals surface area contributed by atoms with Crippen LogP contribution in [0.4, 0.5) is 0 Å². The number of nitrogens with zero attached hydrogens (tertiary/aromatic N) is 2. The Kier molecular flexibility index (Phi) is 5.15. The van der Waals surface area contributed by atoms with Gasteiger partial charge in [-0.1, -0.05) is 54.6 Å². The van der Waals surface area contributed by atoms with Crippen LogP contribution < -0.4 is 0 Å². The van der Waals surface area contributed by atoms with E-state index in [1.165, 1.54) is 16.7 Å². The van der Waals surface area contributed by atoms with Crippen LogP contribution in [0.3, 0.4) is 0 Å². The topological polar surface area (TPSA) is 43.8 Å². The first-order valence-electron chi connectivity index (χ1n) is 11.0. The first-order valence-corrected chi connectivity index (χ1v) is 11.0. The van der Waals surface area contributed by atoms with Crippen molar-refractivity contribution in [2.75, 3.05) is 19.7 Å². The van der Waals surface area contributed by atoms with Crippen LogP contribution in [0, 0.1) is 11.8 Å². The first kappa shape index (κ1) is 18.8. The number of amides is 1. The van der Waals surface area contributed by atoms with E-state index in [-0.39, 0.29) is 18.6 Å². The third-order valence-corrected chi connectivity index (χ3v) is 7.26. The molecule has 3 aliphatic heterocycles. The van der Waals surface area contributed by atoms with Crippen molar-refractivity contribution in [3.8, 4) is 11.1 Å². The maximum Gasteiger partial charge on any atom is 0.223 e. The van der Waals surface area contributed by atoms with E-state index in [9.17, 15) is 9.90 Å². The Morgan fingerprint density at radius 1 is 0.966 bits per heavy atom. The number of rotatable bonds is 4. The quantitative estimate of drug-likeness (QED) is 0.868. The van der Waals surface area contributed by atoms with Gasteiger partial charge in [-0.05, 0) is 47.8 Å². The molecular formula is C25H30N2O2. The second-order valence-electron chi connectivity index (χ2n) is 8.98. The average molecular weight is 391 g/mol. The molecule has 3 fully saturated rings. The molecule has 4 nitrogen and oxygen atoms in total. The van der Waals surface area contributed by atoms with Gasteiger partial charge in [0.1, 0.15) is 0 Å². The number of hydrogen-bond donors (Lipinski definition) is 1. The standard InChI is InChI=1S/C25H30N2O2/c28-17-24-21-13-20(23-11-6-12-25(29)27(23)24)15-26(16-21)14-19-9-4-5-10-22(19)18-7-2-1-3-8-18/h1-5,7-10,20-21,23-24,28H,6,11-17H2/t20-,21+,23+,24+/m1/s1. The van der Waals surface area contributed by atoms with Crippen LogP contribution in [0.2, 0.25) is 0 Å². The Bertz CT molecular complexity index is 854. The van der Waals surface area contributed by atoms with Crippen LogP contribution in [0.5, 0.6) is 0 Å². The second-order valence-corrected chi connectivity index (χ2v) is 8.98. The summed E-state index contributed by atoms with van der Waals surface area (Å²) in [5.74, 6) is 1.17. The van der Waals surface area contributed by atoms with Crippen molar-refractivity contribution in [3.63, 3.8) is 0 Å². The third-order valence-electron chi connectivity index (χ3n) is 7.26. The zero-order valence-electron chi connectivity index (χ0n) is 16.9. The number of carbonyl (C=O) groups is 1. The van der Waals surface area contributed by atoms with E-state index >= 15 is 0 Å². The summed E-state index contributed by atoms with van der Waals surface area (Å²) in [5, 5.41) is 10.1. The fourth-order valence-corrected chi connectivity index (χ4v) is 6.03. The van der Waals surface area contributed by atoms with Crippen LogP contribution >= 0.6 is 0 Å². The van der Waals surface area contributed by atoms with Gasteiger partial charge < -0.3 is 10.0 Å². The zero-order chi connectivity index (χ0) is 19.8. The lowest BCUT2D eigenvalue weighted by atomic mass is 9.72. The van der Waals surface area contributed by atoms with Gasteiger partial charge in [-0.2, -0.15) is 0 Å². The van der Waals surface area contributed by atoms with E-state index in [0.717, 1.165) is 38.9 Å². The van der Waals surface area contributed by atoms with Gasteiger partial charge in [0.05, 0.1) is 12.6 Å². The molecule has 5 rings (SSSR count). The van der Waals surface area contributed by atoms with Gasteiger partial charge in [-0.3, -0.25) is 9.69 Å². The smallest absolute Gasteiger partial charge is 0.223 e. The minimum Gasteiger partial charge on any atom is -0.394 e. The fraction of sp³-hybridized carbons (Fsp3) is 0.480. The highest BCUT2D eigenvalue weighted by atomic mass is 16.3. The lowest BCUT2D eigenvalue weighted by Crippen LogP contribution is -2.65. The lowest BCUT2D eigenvalue weighted by Gasteiger charge is -2.56. The van der Waals surface area contributed by atoms with E-state index < -0.39 is 0 Å². The summed E-state index contributed by atoms with van der Waals surface area (Å²) in [4.78, 5) is 17.3. The predicted molar refractivity (Wildman–Crippen MR) is 114 cm³/mol. The number of benzene rings is 2. The van der Waals surface area contributed by atoms with E-state index in [0.29, 0.717) is 24.3 Å². The number of aliphatic hydroxyl groups is 1. The molecule has 0 aromatic heterocycles. The molecule has 0 unspecified atom stereocenters. The van der Waals surface area contributed by atoms with Gasteiger partial charge in [-0.25, -0.2) is 0 Å². The molecule has 3 heterocycles. The van der Waals surface area contributed by atoms with Crippen molar-refractivity contribution in [3.05, 3.63) is 60.2 Å². The molecule has 1 amide bonds. The van der Waals surface area contributed by atoms with Crippen LogP contribution in [-0.2, 0) is 11.3 Å².